The molecule has 2 fully saturated rings. The number of hydrogen-bond acceptors (Lipinski definition) is 3. The van der Waals surface area contributed by atoms with Crippen LogP contribution in [-0.4, -0.2) is 55.6 Å². The van der Waals surface area contributed by atoms with Gasteiger partial charge in [0.15, 0.2) is 0 Å². The highest BCUT2D eigenvalue weighted by atomic mass is 19.1. The summed E-state index contributed by atoms with van der Waals surface area (Å²) in [4.78, 5) is 28.1. The molecule has 0 spiro atoms. The Morgan fingerprint density at radius 2 is 1.75 bits per heavy atom. The Morgan fingerprint density at radius 1 is 1.04 bits per heavy atom. The van der Waals surface area contributed by atoms with Crippen LogP contribution in [0.3, 0.4) is 0 Å². The van der Waals surface area contributed by atoms with Crippen LogP contribution in [0.25, 0.3) is 0 Å². The van der Waals surface area contributed by atoms with Crippen molar-refractivity contribution in [2.75, 3.05) is 37.6 Å². The van der Waals surface area contributed by atoms with Crippen molar-refractivity contribution in [3.63, 3.8) is 0 Å². The van der Waals surface area contributed by atoms with Crippen molar-refractivity contribution < 1.29 is 14.0 Å². The molecule has 28 heavy (non-hydrogen) atoms. The molecule has 0 bridgehead atoms. The van der Waals surface area contributed by atoms with Crippen molar-refractivity contribution in [2.45, 2.75) is 51.0 Å². The maximum absolute atomic E-state index is 13.9. The largest absolute Gasteiger partial charge is 0.366 e. The van der Waals surface area contributed by atoms with Gasteiger partial charge in [-0.3, -0.25) is 4.79 Å². The molecule has 0 radical (unpaired) electrons. The molecule has 1 aliphatic carbocycles. The summed E-state index contributed by atoms with van der Waals surface area (Å²) in [5.74, 6) is -0.123. The molecule has 2 aliphatic rings. The zero-order valence-electron chi connectivity index (χ0n) is 16.5. The second-order valence-electron chi connectivity index (χ2n) is 7.66. The van der Waals surface area contributed by atoms with E-state index in [1.165, 1.54) is 25.3 Å². The predicted octanol–water partition coefficient (Wildman–Crippen LogP) is 2.89. The lowest BCUT2D eigenvalue weighted by atomic mass is 9.96. The van der Waals surface area contributed by atoms with Crippen molar-refractivity contribution in [1.29, 1.82) is 0 Å². The van der Waals surface area contributed by atoms with Crippen LogP contribution in [0.5, 0.6) is 0 Å². The molecule has 0 aromatic heterocycles. The first-order valence-corrected chi connectivity index (χ1v) is 10.4. The molecule has 1 aromatic rings. The van der Waals surface area contributed by atoms with Gasteiger partial charge in [-0.25, -0.2) is 9.18 Å². The smallest absolute Gasteiger partial charge is 0.315 e. The molecule has 7 heteroatoms. The number of carbonyl (C=O) groups excluding carboxylic acids is 2. The molecule has 0 unspecified atom stereocenters. The second-order valence-corrected chi connectivity index (χ2v) is 7.66. The highest BCUT2D eigenvalue weighted by Gasteiger charge is 2.22. The Kier molecular flexibility index (Phi) is 7.51. The maximum Gasteiger partial charge on any atom is 0.315 e. The molecular weight excluding hydrogens is 359 g/mol. The summed E-state index contributed by atoms with van der Waals surface area (Å²) >= 11 is 0. The Balaban J connectivity index is 1.30. The zero-order chi connectivity index (χ0) is 19.8. The van der Waals surface area contributed by atoms with E-state index in [2.05, 4.69) is 10.6 Å². The number of nitrogens with zero attached hydrogens (tertiary/aromatic N) is 2. The lowest BCUT2D eigenvalue weighted by Crippen LogP contribution is -2.49. The van der Waals surface area contributed by atoms with Gasteiger partial charge >= 0.3 is 6.03 Å². The van der Waals surface area contributed by atoms with E-state index in [9.17, 15) is 14.0 Å². The summed E-state index contributed by atoms with van der Waals surface area (Å²) in [6, 6.07) is 6.91. The van der Waals surface area contributed by atoms with Crippen LogP contribution in [0, 0.1) is 5.82 Å². The van der Waals surface area contributed by atoms with Crippen LogP contribution in [0.1, 0.15) is 44.9 Å². The third kappa shape index (κ3) is 5.84. The molecule has 3 rings (SSSR count). The van der Waals surface area contributed by atoms with Crippen LogP contribution in [0.2, 0.25) is 0 Å². The van der Waals surface area contributed by atoms with Gasteiger partial charge in [0, 0.05) is 45.2 Å². The van der Waals surface area contributed by atoms with E-state index in [-0.39, 0.29) is 17.8 Å². The summed E-state index contributed by atoms with van der Waals surface area (Å²) in [5.41, 5.74) is 0.600. The van der Waals surface area contributed by atoms with Crippen LogP contribution >= 0.6 is 0 Å². The number of hydrogen-bond donors (Lipinski definition) is 2. The highest BCUT2D eigenvalue weighted by Crippen LogP contribution is 2.20. The van der Waals surface area contributed by atoms with Gasteiger partial charge in [-0.1, -0.05) is 31.4 Å². The van der Waals surface area contributed by atoms with E-state index in [0.29, 0.717) is 57.3 Å². The first kappa shape index (κ1) is 20.4. The summed E-state index contributed by atoms with van der Waals surface area (Å²) in [6.45, 7) is 2.97. The fourth-order valence-electron chi connectivity index (χ4n) is 3.99. The topological polar surface area (TPSA) is 64.7 Å². The second kappa shape index (κ2) is 10.3. The molecule has 1 heterocycles. The minimum Gasteiger partial charge on any atom is -0.366 e. The van der Waals surface area contributed by atoms with E-state index in [1.807, 2.05) is 15.9 Å². The number of benzene rings is 1. The summed E-state index contributed by atoms with van der Waals surface area (Å²) in [6.07, 6.45) is 6.80. The monoisotopic (exact) mass is 390 g/mol. The predicted molar refractivity (Wildman–Crippen MR) is 108 cm³/mol. The first-order valence-electron chi connectivity index (χ1n) is 10.4. The van der Waals surface area contributed by atoms with Gasteiger partial charge in [0.2, 0.25) is 5.91 Å². The average Bonchev–Trinajstić information content (AvgIpc) is 2.72. The van der Waals surface area contributed by atoms with E-state index >= 15 is 0 Å². The number of rotatable bonds is 6. The average molecular weight is 391 g/mol. The van der Waals surface area contributed by atoms with Crippen LogP contribution in [-0.2, 0) is 4.79 Å². The molecule has 154 valence electrons. The molecule has 1 aromatic carbocycles. The third-order valence-corrected chi connectivity index (χ3v) is 5.62. The summed E-state index contributed by atoms with van der Waals surface area (Å²) in [5, 5.41) is 5.87. The first-order chi connectivity index (χ1) is 13.6. The molecule has 2 N–H and O–H groups in total. The zero-order valence-corrected chi connectivity index (χ0v) is 16.5. The Labute approximate surface area is 166 Å². The van der Waals surface area contributed by atoms with E-state index in [4.69, 9.17) is 0 Å². The fraction of sp³-hybridized carbons (Fsp3) is 0.619. The van der Waals surface area contributed by atoms with Crippen molar-refractivity contribution in [1.82, 2.24) is 15.5 Å². The minimum atomic E-state index is -0.222. The molecule has 1 saturated carbocycles. The van der Waals surface area contributed by atoms with Crippen molar-refractivity contribution in [3.05, 3.63) is 30.1 Å². The third-order valence-electron chi connectivity index (χ3n) is 5.62. The van der Waals surface area contributed by atoms with Crippen molar-refractivity contribution in [2.24, 2.45) is 0 Å². The highest BCUT2D eigenvalue weighted by molar-refractivity contribution is 5.77. The number of urea groups is 1. The van der Waals surface area contributed by atoms with Crippen LogP contribution in [0.4, 0.5) is 14.9 Å². The normalized spacial score (nSPS) is 18.0. The fourth-order valence-corrected chi connectivity index (χ4v) is 3.99. The van der Waals surface area contributed by atoms with Crippen LogP contribution < -0.4 is 15.5 Å². The molecular formula is C21H31FN4O2. The molecule has 1 aliphatic heterocycles. The Bertz CT molecular complexity index is 656. The van der Waals surface area contributed by atoms with Gasteiger partial charge in [-0.05, 0) is 31.4 Å². The number of nitrogens with one attached hydrogen (secondary N) is 2. The molecule has 1 saturated heterocycles. The minimum absolute atomic E-state index is 0.0997. The van der Waals surface area contributed by atoms with Crippen molar-refractivity contribution >= 4 is 17.6 Å². The standard InChI is InChI=1S/C21H31FN4O2/c22-18-9-4-5-10-19(18)25-13-15-26(16-14-25)20(27)11-6-12-23-21(28)24-17-7-2-1-3-8-17/h4-5,9-10,17H,1-3,6-8,11-16H2,(H2,23,24,28). The van der Waals surface area contributed by atoms with Crippen molar-refractivity contribution in [3.8, 4) is 0 Å². The van der Waals surface area contributed by atoms with Gasteiger partial charge < -0.3 is 20.4 Å². The van der Waals surface area contributed by atoms with Gasteiger partial charge in [-0.15, -0.1) is 0 Å². The van der Waals surface area contributed by atoms with E-state index in [1.54, 1.807) is 12.1 Å². The number of para-hydroxylation sites is 1. The molecule has 6 nitrogen and oxygen atoms in total. The van der Waals surface area contributed by atoms with Crippen LogP contribution in [0.15, 0.2) is 24.3 Å². The lowest BCUT2D eigenvalue weighted by Gasteiger charge is -2.36. The van der Waals surface area contributed by atoms with Gasteiger partial charge in [-0.2, -0.15) is 0 Å². The molecule has 0 atom stereocenters. The van der Waals surface area contributed by atoms with E-state index in [0.717, 1.165) is 12.8 Å². The summed E-state index contributed by atoms with van der Waals surface area (Å²) < 4.78 is 13.9. The van der Waals surface area contributed by atoms with E-state index < -0.39 is 0 Å². The van der Waals surface area contributed by atoms with Gasteiger partial charge in [0.25, 0.3) is 0 Å². The maximum atomic E-state index is 13.9. The summed E-state index contributed by atoms with van der Waals surface area (Å²) in [7, 11) is 0. The molecule has 3 amide bonds. The van der Waals surface area contributed by atoms with Gasteiger partial charge in [0.05, 0.1) is 5.69 Å². The Morgan fingerprint density at radius 3 is 2.46 bits per heavy atom. The number of halogens is 1. The van der Waals surface area contributed by atoms with Gasteiger partial charge in [0.1, 0.15) is 5.82 Å². The Hall–Kier alpha value is -2.31. The number of amides is 3. The quantitative estimate of drug-likeness (QED) is 0.734. The number of carbonyl (C=O) groups is 2. The SMILES string of the molecule is O=C(NCCCC(=O)N1CCN(c2ccccc2F)CC1)NC1CCCCC1. The number of anilines is 1. The lowest BCUT2D eigenvalue weighted by molar-refractivity contribution is -0.131. The number of piperazine rings is 1.